The number of H-pyrrole nitrogens is 1. The molecule has 1 aromatic heterocycles. The van der Waals surface area contributed by atoms with Crippen LogP contribution in [-0.4, -0.2) is 33.4 Å². The van der Waals surface area contributed by atoms with Crippen LogP contribution in [0.2, 0.25) is 0 Å². The molecule has 0 radical (unpaired) electrons. The van der Waals surface area contributed by atoms with Gasteiger partial charge in [0.2, 0.25) is 5.91 Å². The molecule has 0 aliphatic rings. The molecule has 9 heteroatoms. The minimum atomic E-state index is -0.436. The third-order valence-electron chi connectivity index (χ3n) is 3.80. The third-order valence-corrected chi connectivity index (χ3v) is 4.66. The molecule has 1 amide bonds. The van der Waals surface area contributed by atoms with Crippen molar-refractivity contribution in [1.29, 1.82) is 0 Å². The number of aromatic amines is 1. The molecule has 2 N–H and O–H groups in total. The van der Waals surface area contributed by atoms with Crippen LogP contribution >= 0.6 is 11.8 Å². The lowest BCUT2D eigenvalue weighted by Gasteiger charge is -2.06. The predicted octanol–water partition coefficient (Wildman–Crippen LogP) is 3.02. The number of benzene rings is 2. The van der Waals surface area contributed by atoms with Crippen molar-refractivity contribution in [3.8, 4) is 5.75 Å². The number of nitrogens with zero attached hydrogens (tertiary/aromatic N) is 2. The molecule has 1 heterocycles. The second kappa shape index (κ2) is 9.83. The molecule has 0 saturated heterocycles. The first-order valence-corrected chi connectivity index (χ1v) is 9.88. The van der Waals surface area contributed by atoms with Gasteiger partial charge in [0, 0.05) is 12.1 Å². The second-order valence-electron chi connectivity index (χ2n) is 6.01. The van der Waals surface area contributed by atoms with E-state index in [0.29, 0.717) is 18.7 Å². The van der Waals surface area contributed by atoms with Crippen LogP contribution in [0.15, 0.2) is 58.5 Å². The molecular weight excluding hydrogens is 395 g/mol. The highest BCUT2D eigenvalue weighted by molar-refractivity contribution is 7.99. The van der Waals surface area contributed by atoms with Crippen LogP contribution in [0.25, 0.3) is 0 Å². The van der Waals surface area contributed by atoms with Gasteiger partial charge < -0.3 is 10.1 Å². The number of carbonyl (C=O) groups is 1. The van der Waals surface area contributed by atoms with Gasteiger partial charge in [-0.25, -0.2) is 4.39 Å². The molecule has 0 unspecified atom stereocenters. The molecule has 2 aromatic carbocycles. The van der Waals surface area contributed by atoms with Gasteiger partial charge in [0.25, 0.3) is 5.56 Å². The van der Waals surface area contributed by atoms with Crippen LogP contribution < -0.4 is 15.6 Å². The Morgan fingerprint density at radius 3 is 2.69 bits per heavy atom. The van der Waals surface area contributed by atoms with Crippen molar-refractivity contribution in [3.63, 3.8) is 0 Å². The maximum absolute atomic E-state index is 13.1. The van der Waals surface area contributed by atoms with Gasteiger partial charge in [-0.05, 0) is 42.8 Å². The number of hydrogen-bond donors (Lipinski definition) is 2. The lowest BCUT2D eigenvalue weighted by Crippen LogP contribution is -2.19. The average Bonchev–Trinajstić information content (AvgIpc) is 2.70. The third kappa shape index (κ3) is 6.15. The Hall–Kier alpha value is -3.20. The summed E-state index contributed by atoms with van der Waals surface area (Å²) in [6.45, 7) is 2.50. The van der Waals surface area contributed by atoms with Crippen LogP contribution in [0.4, 0.5) is 10.1 Å². The minimum absolute atomic E-state index is 0.000624. The van der Waals surface area contributed by atoms with Gasteiger partial charge in [-0.2, -0.15) is 0 Å². The van der Waals surface area contributed by atoms with Crippen molar-refractivity contribution in [2.24, 2.45) is 0 Å². The summed E-state index contributed by atoms with van der Waals surface area (Å²) in [5, 5.41) is 10.8. The van der Waals surface area contributed by atoms with Crippen LogP contribution in [0, 0.1) is 5.82 Å². The summed E-state index contributed by atoms with van der Waals surface area (Å²) in [6.07, 6.45) is 0.333. The van der Waals surface area contributed by atoms with Crippen LogP contribution in [0.1, 0.15) is 18.2 Å². The Labute approximate surface area is 170 Å². The van der Waals surface area contributed by atoms with E-state index in [1.807, 2.05) is 31.2 Å². The molecular formula is C20H19FN4O3S. The van der Waals surface area contributed by atoms with E-state index in [1.54, 1.807) is 6.07 Å². The highest BCUT2D eigenvalue weighted by Gasteiger charge is 2.09. The van der Waals surface area contributed by atoms with Gasteiger partial charge in [-0.15, -0.1) is 10.2 Å². The Kier molecular flexibility index (Phi) is 6.96. The molecule has 150 valence electrons. The number of anilines is 1. The van der Waals surface area contributed by atoms with Gasteiger partial charge in [0.05, 0.1) is 12.4 Å². The largest absolute Gasteiger partial charge is 0.494 e. The fourth-order valence-corrected chi connectivity index (χ4v) is 3.09. The van der Waals surface area contributed by atoms with E-state index in [-0.39, 0.29) is 28.1 Å². The Bertz CT molecular complexity index is 1040. The maximum Gasteiger partial charge on any atom is 0.273 e. The van der Waals surface area contributed by atoms with Gasteiger partial charge in [0.15, 0.2) is 5.16 Å². The number of amides is 1. The molecule has 0 bridgehead atoms. The molecule has 7 nitrogen and oxygen atoms in total. The van der Waals surface area contributed by atoms with Crippen molar-refractivity contribution in [2.75, 3.05) is 17.7 Å². The summed E-state index contributed by atoms with van der Waals surface area (Å²) in [4.78, 5) is 26.8. The van der Waals surface area contributed by atoms with Gasteiger partial charge in [-0.1, -0.05) is 30.0 Å². The molecule has 3 aromatic rings. The fraction of sp³-hybridized carbons (Fsp3) is 0.200. The summed E-state index contributed by atoms with van der Waals surface area (Å²) in [6, 6.07) is 13.0. The molecule has 0 atom stereocenters. The number of halogens is 1. The highest BCUT2D eigenvalue weighted by Crippen LogP contribution is 2.15. The molecule has 29 heavy (non-hydrogen) atoms. The Morgan fingerprint density at radius 1 is 1.21 bits per heavy atom. The highest BCUT2D eigenvalue weighted by atomic mass is 32.2. The molecule has 0 aliphatic heterocycles. The number of ether oxygens (including phenoxy) is 1. The van der Waals surface area contributed by atoms with Gasteiger partial charge >= 0.3 is 0 Å². The standard InChI is InChI=1S/C20H19FN4O3S/c1-2-28-16-8-6-13(7-9-16)10-17-19(27)23-20(25-24-17)29-12-18(26)22-15-5-3-4-14(21)11-15/h3-9,11H,2,10,12H2,1H3,(H,22,26)(H,23,25,27). The molecule has 0 fully saturated rings. The molecule has 3 rings (SSSR count). The summed E-state index contributed by atoms with van der Waals surface area (Å²) < 4.78 is 18.5. The number of rotatable bonds is 8. The van der Waals surface area contributed by atoms with Crippen LogP contribution in [-0.2, 0) is 11.2 Å². The lowest BCUT2D eigenvalue weighted by molar-refractivity contribution is -0.113. The van der Waals surface area contributed by atoms with Crippen molar-refractivity contribution < 1.29 is 13.9 Å². The maximum atomic E-state index is 13.1. The minimum Gasteiger partial charge on any atom is -0.494 e. The van der Waals surface area contributed by atoms with Gasteiger partial charge in [0.1, 0.15) is 17.3 Å². The van der Waals surface area contributed by atoms with E-state index < -0.39 is 5.82 Å². The fourth-order valence-electron chi connectivity index (χ4n) is 2.49. The average molecular weight is 414 g/mol. The summed E-state index contributed by atoms with van der Waals surface area (Å²) in [5.41, 5.74) is 1.19. The van der Waals surface area contributed by atoms with Gasteiger partial charge in [-0.3, -0.25) is 14.6 Å². The monoisotopic (exact) mass is 414 g/mol. The van der Waals surface area contributed by atoms with Crippen LogP contribution in [0.5, 0.6) is 5.75 Å². The topological polar surface area (TPSA) is 97.0 Å². The zero-order valence-electron chi connectivity index (χ0n) is 15.6. The number of aromatic nitrogens is 3. The SMILES string of the molecule is CCOc1ccc(Cc2nnc(SCC(=O)Nc3cccc(F)c3)[nH]c2=O)cc1. The molecule has 0 spiro atoms. The second-order valence-corrected chi connectivity index (χ2v) is 6.97. The Balaban J connectivity index is 1.56. The Morgan fingerprint density at radius 2 is 2.00 bits per heavy atom. The number of thioether (sulfide) groups is 1. The first kappa shape index (κ1) is 20.5. The van der Waals surface area contributed by atoms with E-state index in [9.17, 15) is 14.0 Å². The summed E-state index contributed by atoms with van der Waals surface area (Å²) in [7, 11) is 0. The molecule has 0 aliphatic carbocycles. The number of hydrogen-bond acceptors (Lipinski definition) is 6. The number of carbonyl (C=O) groups excluding carboxylic acids is 1. The number of nitrogens with one attached hydrogen (secondary N) is 2. The first-order chi connectivity index (χ1) is 14.0. The quantitative estimate of drug-likeness (QED) is 0.550. The van der Waals surface area contributed by atoms with Crippen molar-refractivity contribution in [1.82, 2.24) is 15.2 Å². The smallest absolute Gasteiger partial charge is 0.273 e. The van der Waals surface area contributed by atoms with Crippen LogP contribution in [0.3, 0.4) is 0 Å². The van der Waals surface area contributed by atoms with Crippen molar-refractivity contribution in [2.45, 2.75) is 18.5 Å². The summed E-state index contributed by atoms with van der Waals surface area (Å²) in [5.74, 6) is -0.0192. The normalized spacial score (nSPS) is 10.6. The van der Waals surface area contributed by atoms with E-state index in [2.05, 4.69) is 20.5 Å². The first-order valence-electron chi connectivity index (χ1n) is 8.89. The zero-order valence-corrected chi connectivity index (χ0v) is 16.5. The van der Waals surface area contributed by atoms with E-state index >= 15 is 0 Å². The van der Waals surface area contributed by atoms with E-state index in [4.69, 9.17) is 4.74 Å². The zero-order chi connectivity index (χ0) is 20.6. The predicted molar refractivity (Wildman–Crippen MR) is 109 cm³/mol. The van der Waals surface area contributed by atoms with E-state index in [0.717, 1.165) is 23.1 Å². The van der Waals surface area contributed by atoms with E-state index in [1.165, 1.54) is 18.2 Å². The van der Waals surface area contributed by atoms with Crippen molar-refractivity contribution >= 4 is 23.4 Å². The molecule has 0 saturated carbocycles. The van der Waals surface area contributed by atoms with Crippen molar-refractivity contribution in [3.05, 3.63) is 76.0 Å². The lowest BCUT2D eigenvalue weighted by atomic mass is 10.1. The summed E-state index contributed by atoms with van der Waals surface area (Å²) >= 11 is 1.04.